The van der Waals surface area contributed by atoms with Crippen molar-refractivity contribution in [3.05, 3.63) is 57.8 Å². The minimum absolute atomic E-state index is 0.0747. The van der Waals surface area contributed by atoms with E-state index in [0.29, 0.717) is 29.7 Å². The van der Waals surface area contributed by atoms with E-state index in [1.807, 2.05) is 18.2 Å². The topological polar surface area (TPSA) is 45.6 Å². The minimum atomic E-state index is 0.0747. The predicted octanol–water partition coefficient (Wildman–Crippen LogP) is 3.39. The van der Waals surface area contributed by atoms with E-state index < -0.39 is 0 Å². The number of hydrogen-bond acceptors (Lipinski definition) is 4. The lowest BCUT2D eigenvalue weighted by atomic mass is 10.2. The molecular formula is C16H18Cl2N2O2. The van der Waals surface area contributed by atoms with Crippen molar-refractivity contribution in [2.45, 2.75) is 13.1 Å². The highest BCUT2D eigenvalue weighted by Gasteiger charge is 2.09. The van der Waals surface area contributed by atoms with Crippen LogP contribution in [0.25, 0.3) is 0 Å². The molecule has 0 aliphatic carbocycles. The Morgan fingerprint density at radius 3 is 2.64 bits per heavy atom. The van der Waals surface area contributed by atoms with Gasteiger partial charge in [0.2, 0.25) is 0 Å². The molecule has 1 aromatic heterocycles. The predicted molar refractivity (Wildman–Crippen MR) is 88.5 cm³/mol. The van der Waals surface area contributed by atoms with Gasteiger partial charge in [-0.3, -0.25) is 9.88 Å². The van der Waals surface area contributed by atoms with E-state index in [0.717, 1.165) is 17.0 Å². The molecule has 0 saturated heterocycles. The second-order valence-electron chi connectivity index (χ2n) is 4.87. The monoisotopic (exact) mass is 340 g/mol. The third kappa shape index (κ3) is 4.85. The normalized spacial score (nSPS) is 11.0. The molecule has 0 atom stereocenters. The number of aliphatic hydroxyl groups excluding tert-OH is 1. The number of rotatable bonds is 7. The van der Waals surface area contributed by atoms with E-state index in [4.69, 9.17) is 27.9 Å². The minimum Gasteiger partial charge on any atom is -0.497 e. The molecular weight excluding hydrogens is 323 g/mol. The van der Waals surface area contributed by atoms with Gasteiger partial charge in [0.1, 0.15) is 5.75 Å². The highest BCUT2D eigenvalue weighted by Crippen LogP contribution is 2.23. The third-order valence-corrected chi connectivity index (χ3v) is 3.95. The highest BCUT2D eigenvalue weighted by molar-refractivity contribution is 6.42. The Morgan fingerprint density at radius 2 is 1.95 bits per heavy atom. The van der Waals surface area contributed by atoms with E-state index in [1.54, 1.807) is 25.4 Å². The molecule has 0 bridgehead atoms. The summed E-state index contributed by atoms with van der Waals surface area (Å²) in [5.41, 5.74) is 1.92. The van der Waals surface area contributed by atoms with Crippen molar-refractivity contribution in [1.29, 1.82) is 0 Å². The zero-order valence-corrected chi connectivity index (χ0v) is 13.8. The number of nitrogens with zero attached hydrogens (tertiary/aromatic N) is 2. The number of halogens is 2. The van der Waals surface area contributed by atoms with Crippen LogP contribution in [0.2, 0.25) is 10.0 Å². The fraction of sp³-hybridized carbons (Fsp3) is 0.312. The molecule has 118 valence electrons. The Morgan fingerprint density at radius 1 is 1.14 bits per heavy atom. The zero-order valence-electron chi connectivity index (χ0n) is 12.3. The summed E-state index contributed by atoms with van der Waals surface area (Å²) in [6, 6.07) is 9.24. The quantitative estimate of drug-likeness (QED) is 0.839. The van der Waals surface area contributed by atoms with Crippen LogP contribution in [0.3, 0.4) is 0 Å². The van der Waals surface area contributed by atoms with Gasteiger partial charge in [-0.05, 0) is 23.8 Å². The van der Waals surface area contributed by atoms with Crippen molar-refractivity contribution in [1.82, 2.24) is 9.88 Å². The van der Waals surface area contributed by atoms with Crippen LogP contribution in [-0.2, 0) is 13.1 Å². The van der Waals surface area contributed by atoms with E-state index in [9.17, 15) is 5.11 Å². The SMILES string of the molecule is COc1ccnc(CN(CCO)Cc2ccc(Cl)c(Cl)c2)c1. The van der Waals surface area contributed by atoms with Crippen molar-refractivity contribution in [2.24, 2.45) is 0 Å². The first-order valence-electron chi connectivity index (χ1n) is 6.88. The lowest BCUT2D eigenvalue weighted by Gasteiger charge is -2.21. The average molecular weight is 341 g/mol. The molecule has 22 heavy (non-hydrogen) atoms. The lowest BCUT2D eigenvalue weighted by Crippen LogP contribution is -2.26. The molecule has 2 rings (SSSR count). The van der Waals surface area contributed by atoms with Crippen LogP contribution in [0.15, 0.2) is 36.5 Å². The standard InChI is InChI=1S/C16H18Cl2N2O2/c1-22-14-4-5-19-13(9-14)11-20(6-7-21)10-12-2-3-15(17)16(18)8-12/h2-5,8-9,21H,6-7,10-11H2,1H3. The second-order valence-corrected chi connectivity index (χ2v) is 5.68. The van der Waals surface area contributed by atoms with Crippen molar-refractivity contribution in [3.8, 4) is 5.75 Å². The molecule has 0 amide bonds. The van der Waals surface area contributed by atoms with Gasteiger partial charge < -0.3 is 9.84 Å². The number of hydrogen-bond donors (Lipinski definition) is 1. The van der Waals surface area contributed by atoms with Gasteiger partial charge in [-0.2, -0.15) is 0 Å². The molecule has 0 fully saturated rings. The number of aromatic nitrogens is 1. The van der Waals surface area contributed by atoms with Gasteiger partial charge in [-0.15, -0.1) is 0 Å². The second kappa shape index (κ2) is 8.34. The largest absolute Gasteiger partial charge is 0.497 e. The van der Waals surface area contributed by atoms with Gasteiger partial charge in [-0.1, -0.05) is 29.3 Å². The first kappa shape index (κ1) is 17.0. The maximum atomic E-state index is 9.26. The Hall–Kier alpha value is -1.33. The van der Waals surface area contributed by atoms with Crippen LogP contribution in [0.1, 0.15) is 11.3 Å². The van der Waals surface area contributed by atoms with Crippen molar-refractivity contribution in [3.63, 3.8) is 0 Å². The summed E-state index contributed by atoms with van der Waals surface area (Å²) < 4.78 is 5.20. The summed E-state index contributed by atoms with van der Waals surface area (Å²) in [5, 5.41) is 10.3. The summed E-state index contributed by atoms with van der Waals surface area (Å²) in [6.45, 7) is 1.87. The van der Waals surface area contributed by atoms with Gasteiger partial charge in [0.25, 0.3) is 0 Å². The number of aliphatic hydroxyl groups is 1. The number of ether oxygens (including phenoxy) is 1. The van der Waals surface area contributed by atoms with Crippen molar-refractivity contribution < 1.29 is 9.84 Å². The van der Waals surface area contributed by atoms with Gasteiger partial charge >= 0.3 is 0 Å². The molecule has 1 aromatic carbocycles. The molecule has 2 aromatic rings. The van der Waals surface area contributed by atoms with Crippen LogP contribution in [0, 0.1) is 0 Å². The number of methoxy groups -OCH3 is 1. The van der Waals surface area contributed by atoms with E-state index in [1.165, 1.54) is 0 Å². The van der Waals surface area contributed by atoms with E-state index in [-0.39, 0.29) is 6.61 Å². The number of benzene rings is 1. The Bertz CT molecular complexity index is 623. The molecule has 0 unspecified atom stereocenters. The maximum absolute atomic E-state index is 9.26. The van der Waals surface area contributed by atoms with Crippen molar-refractivity contribution in [2.75, 3.05) is 20.3 Å². The molecule has 1 N–H and O–H groups in total. The molecule has 0 aliphatic rings. The van der Waals surface area contributed by atoms with Crippen LogP contribution < -0.4 is 4.74 Å². The lowest BCUT2D eigenvalue weighted by molar-refractivity contribution is 0.183. The van der Waals surface area contributed by atoms with Crippen LogP contribution in [0.5, 0.6) is 5.75 Å². The number of pyridine rings is 1. The maximum Gasteiger partial charge on any atom is 0.122 e. The van der Waals surface area contributed by atoms with Gasteiger partial charge in [0.15, 0.2) is 0 Å². The molecule has 4 nitrogen and oxygen atoms in total. The summed E-state index contributed by atoms with van der Waals surface area (Å²) in [7, 11) is 1.63. The third-order valence-electron chi connectivity index (χ3n) is 3.22. The molecule has 6 heteroatoms. The highest BCUT2D eigenvalue weighted by atomic mass is 35.5. The molecule has 0 saturated carbocycles. The molecule has 0 aliphatic heterocycles. The average Bonchev–Trinajstić information content (AvgIpc) is 2.51. The van der Waals surface area contributed by atoms with E-state index in [2.05, 4.69) is 9.88 Å². The zero-order chi connectivity index (χ0) is 15.9. The molecule has 0 radical (unpaired) electrons. The van der Waals surface area contributed by atoms with Gasteiger partial charge in [0.05, 0.1) is 29.5 Å². The van der Waals surface area contributed by atoms with Crippen LogP contribution in [0.4, 0.5) is 0 Å². The Kier molecular flexibility index (Phi) is 6.46. The van der Waals surface area contributed by atoms with Gasteiger partial charge in [0, 0.05) is 31.9 Å². The summed E-state index contributed by atoms with van der Waals surface area (Å²) in [6.07, 6.45) is 1.71. The summed E-state index contributed by atoms with van der Waals surface area (Å²) >= 11 is 12.0. The Labute approximate surface area is 140 Å². The summed E-state index contributed by atoms with van der Waals surface area (Å²) in [4.78, 5) is 6.42. The van der Waals surface area contributed by atoms with E-state index >= 15 is 0 Å². The van der Waals surface area contributed by atoms with Crippen LogP contribution in [-0.4, -0.2) is 35.3 Å². The fourth-order valence-electron chi connectivity index (χ4n) is 2.15. The van der Waals surface area contributed by atoms with Crippen LogP contribution >= 0.6 is 23.2 Å². The Balaban J connectivity index is 2.10. The smallest absolute Gasteiger partial charge is 0.122 e. The first-order valence-corrected chi connectivity index (χ1v) is 7.64. The summed E-state index contributed by atoms with van der Waals surface area (Å²) in [5.74, 6) is 0.767. The van der Waals surface area contributed by atoms with Crippen molar-refractivity contribution >= 4 is 23.2 Å². The van der Waals surface area contributed by atoms with Gasteiger partial charge in [-0.25, -0.2) is 0 Å². The molecule has 1 heterocycles. The molecule has 0 spiro atoms. The first-order chi connectivity index (χ1) is 10.6. The fourth-order valence-corrected chi connectivity index (χ4v) is 2.47.